The molecular formula is C15H19NO2. The van der Waals surface area contributed by atoms with Crippen LogP contribution in [0.4, 0.5) is 0 Å². The molecule has 0 radical (unpaired) electrons. The quantitative estimate of drug-likeness (QED) is 0.503. The number of methoxy groups -OCH3 is 1. The molecule has 0 aliphatic rings. The number of carbonyl (C=O) groups is 1. The van der Waals surface area contributed by atoms with Crippen LogP contribution in [-0.4, -0.2) is 20.1 Å². The lowest BCUT2D eigenvalue weighted by Gasteiger charge is -2.09. The van der Waals surface area contributed by atoms with E-state index in [1.807, 2.05) is 50.3 Å². The summed E-state index contributed by atoms with van der Waals surface area (Å²) in [6.07, 6.45) is 1.82. The summed E-state index contributed by atoms with van der Waals surface area (Å²) in [6, 6.07) is 9.95. The van der Waals surface area contributed by atoms with E-state index < -0.39 is 0 Å². The lowest BCUT2D eigenvalue weighted by atomic mass is 10.0. The van der Waals surface area contributed by atoms with Crippen molar-refractivity contribution in [1.29, 1.82) is 0 Å². The highest BCUT2D eigenvalue weighted by Crippen LogP contribution is 2.21. The van der Waals surface area contributed by atoms with E-state index in [0.29, 0.717) is 5.70 Å². The van der Waals surface area contributed by atoms with Crippen LogP contribution in [-0.2, 0) is 9.53 Å². The van der Waals surface area contributed by atoms with E-state index in [2.05, 4.69) is 5.32 Å². The van der Waals surface area contributed by atoms with Crippen molar-refractivity contribution < 1.29 is 9.53 Å². The highest BCUT2D eigenvalue weighted by Gasteiger charge is 2.09. The van der Waals surface area contributed by atoms with Gasteiger partial charge in [0.05, 0.1) is 7.11 Å². The lowest BCUT2D eigenvalue weighted by molar-refractivity contribution is -0.136. The summed E-state index contributed by atoms with van der Waals surface area (Å²) < 4.78 is 4.73. The minimum Gasteiger partial charge on any atom is -0.464 e. The average molecular weight is 245 g/mol. The molecule has 1 aromatic carbocycles. The van der Waals surface area contributed by atoms with Crippen LogP contribution in [0.15, 0.2) is 47.7 Å². The van der Waals surface area contributed by atoms with Crippen molar-refractivity contribution in [3.8, 4) is 0 Å². The minimum atomic E-state index is -0.368. The van der Waals surface area contributed by atoms with Gasteiger partial charge in [-0.3, -0.25) is 0 Å². The van der Waals surface area contributed by atoms with Crippen LogP contribution in [0.1, 0.15) is 19.4 Å². The Balaban J connectivity index is 3.21. The van der Waals surface area contributed by atoms with Crippen molar-refractivity contribution in [2.24, 2.45) is 0 Å². The first-order valence-electron chi connectivity index (χ1n) is 5.80. The molecule has 0 saturated heterocycles. The van der Waals surface area contributed by atoms with Gasteiger partial charge in [0.25, 0.3) is 0 Å². The van der Waals surface area contributed by atoms with Crippen LogP contribution in [0.3, 0.4) is 0 Å². The summed E-state index contributed by atoms with van der Waals surface area (Å²) in [4.78, 5) is 11.6. The normalized spacial score (nSPS) is 10.8. The summed E-state index contributed by atoms with van der Waals surface area (Å²) in [7, 11) is 3.08. The monoisotopic (exact) mass is 245 g/mol. The largest absolute Gasteiger partial charge is 0.464 e. The first kappa shape index (κ1) is 14.0. The summed E-state index contributed by atoms with van der Waals surface area (Å²) in [6.45, 7) is 4.03. The fourth-order valence-corrected chi connectivity index (χ4v) is 1.62. The molecular weight excluding hydrogens is 226 g/mol. The smallest absolute Gasteiger partial charge is 0.354 e. The molecule has 3 heteroatoms. The van der Waals surface area contributed by atoms with Gasteiger partial charge in [0.1, 0.15) is 5.70 Å². The Morgan fingerprint density at radius 3 is 2.28 bits per heavy atom. The molecule has 0 unspecified atom stereocenters. The van der Waals surface area contributed by atoms with E-state index in [1.54, 1.807) is 7.05 Å². The third-order valence-corrected chi connectivity index (χ3v) is 2.59. The van der Waals surface area contributed by atoms with Crippen LogP contribution in [0.2, 0.25) is 0 Å². The van der Waals surface area contributed by atoms with Crippen LogP contribution in [0.25, 0.3) is 5.57 Å². The van der Waals surface area contributed by atoms with E-state index in [9.17, 15) is 4.79 Å². The van der Waals surface area contributed by atoms with Gasteiger partial charge in [0, 0.05) is 7.05 Å². The molecule has 0 amide bonds. The van der Waals surface area contributed by atoms with Crippen molar-refractivity contribution in [2.45, 2.75) is 13.8 Å². The summed E-state index contributed by atoms with van der Waals surface area (Å²) >= 11 is 0. The van der Waals surface area contributed by atoms with Crippen molar-refractivity contribution in [3.05, 3.63) is 53.2 Å². The van der Waals surface area contributed by atoms with Crippen LogP contribution in [0.5, 0.6) is 0 Å². The Hall–Kier alpha value is -2.03. The molecule has 0 saturated carbocycles. The number of ether oxygens (including phenoxy) is 1. The SMILES string of the molecule is CN/C(=C\C(=C(C)C)c1ccccc1)C(=O)OC. The standard InChI is InChI=1S/C15H19NO2/c1-11(2)13(12-8-6-5-7-9-12)10-14(16-3)15(17)18-4/h5-10,16H,1-4H3/b14-10-. The van der Waals surface area contributed by atoms with Gasteiger partial charge >= 0.3 is 5.97 Å². The van der Waals surface area contributed by atoms with E-state index in [0.717, 1.165) is 16.7 Å². The molecule has 0 bridgehead atoms. The molecule has 0 spiro atoms. The van der Waals surface area contributed by atoms with E-state index in [1.165, 1.54) is 7.11 Å². The zero-order valence-corrected chi connectivity index (χ0v) is 11.3. The minimum absolute atomic E-state index is 0.368. The maximum Gasteiger partial charge on any atom is 0.354 e. The molecule has 0 aliphatic carbocycles. The van der Waals surface area contributed by atoms with Gasteiger partial charge in [-0.2, -0.15) is 0 Å². The summed E-state index contributed by atoms with van der Waals surface area (Å²) in [5.74, 6) is -0.368. The van der Waals surface area contributed by atoms with Gasteiger partial charge in [0.15, 0.2) is 0 Å². The van der Waals surface area contributed by atoms with Crippen LogP contribution < -0.4 is 5.32 Å². The molecule has 3 nitrogen and oxygen atoms in total. The predicted octanol–water partition coefficient (Wildman–Crippen LogP) is 2.76. The zero-order chi connectivity index (χ0) is 13.5. The molecule has 96 valence electrons. The third-order valence-electron chi connectivity index (χ3n) is 2.59. The Morgan fingerprint density at radius 2 is 1.83 bits per heavy atom. The number of allylic oxidation sites excluding steroid dienone is 3. The second kappa shape index (κ2) is 6.64. The van der Waals surface area contributed by atoms with Gasteiger partial charge in [0.2, 0.25) is 0 Å². The first-order chi connectivity index (χ1) is 8.60. The maximum absolute atomic E-state index is 11.6. The Bertz CT molecular complexity index is 469. The fourth-order valence-electron chi connectivity index (χ4n) is 1.62. The molecule has 0 heterocycles. The first-order valence-corrected chi connectivity index (χ1v) is 5.80. The highest BCUT2D eigenvalue weighted by atomic mass is 16.5. The van der Waals surface area contributed by atoms with E-state index in [-0.39, 0.29) is 5.97 Å². The topological polar surface area (TPSA) is 38.3 Å². The Labute approximate surface area is 108 Å². The van der Waals surface area contributed by atoms with Gasteiger partial charge in [-0.15, -0.1) is 0 Å². The van der Waals surface area contributed by atoms with Crippen molar-refractivity contribution in [3.63, 3.8) is 0 Å². The molecule has 1 N–H and O–H groups in total. The number of hydrogen-bond donors (Lipinski definition) is 1. The number of hydrogen-bond acceptors (Lipinski definition) is 3. The van der Waals surface area contributed by atoms with Crippen LogP contribution in [0, 0.1) is 0 Å². The molecule has 1 rings (SSSR count). The van der Waals surface area contributed by atoms with Crippen LogP contribution >= 0.6 is 0 Å². The van der Waals surface area contributed by atoms with E-state index >= 15 is 0 Å². The number of carbonyl (C=O) groups excluding carboxylic acids is 1. The van der Waals surface area contributed by atoms with E-state index in [4.69, 9.17) is 4.74 Å². The molecule has 0 aliphatic heterocycles. The van der Waals surface area contributed by atoms with Crippen molar-refractivity contribution >= 4 is 11.5 Å². The summed E-state index contributed by atoms with van der Waals surface area (Å²) in [5.41, 5.74) is 3.68. The molecule has 18 heavy (non-hydrogen) atoms. The zero-order valence-electron chi connectivity index (χ0n) is 11.3. The highest BCUT2D eigenvalue weighted by molar-refractivity contribution is 5.92. The lowest BCUT2D eigenvalue weighted by Crippen LogP contribution is -2.17. The number of rotatable bonds is 4. The maximum atomic E-state index is 11.6. The molecule has 0 atom stereocenters. The molecule has 0 aromatic heterocycles. The number of esters is 1. The Morgan fingerprint density at radius 1 is 1.22 bits per heavy atom. The van der Waals surface area contributed by atoms with Crippen molar-refractivity contribution in [1.82, 2.24) is 5.32 Å². The van der Waals surface area contributed by atoms with Gasteiger partial charge in [-0.1, -0.05) is 35.9 Å². The average Bonchev–Trinajstić information content (AvgIpc) is 2.39. The molecule has 0 fully saturated rings. The number of benzene rings is 1. The Kier molecular flexibility index (Phi) is 5.18. The fraction of sp³-hybridized carbons (Fsp3) is 0.267. The van der Waals surface area contributed by atoms with Gasteiger partial charge in [-0.05, 0) is 31.1 Å². The number of likely N-dealkylation sites (N-methyl/N-ethyl adjacent to an activating group) is 1. The number of nitrogens with one attached hydrogen (secondary N) is 1. The molecule has 1 aromatic rings. The second-order valence-corrected chi connectivity index (χ2v) is 4.08. The van der Waals surface area contributed by atoms with Gasteiger partial charge in [-0.25, -0.2) is 4.79 Å². The predicted molar refractivity (Wildman–Crippen MR) is 73.9 cm³/mol. The van der Waals surface area contributed by atoms with Gasteiger partial charge < -0.3 is 10.1 Å². The third kappa shape index (κ3) is 3.48. The second-order valence-electron chi connectivity index (χ2n) is 4.08. The van der Waals surface area contributed by atoms with Crippen molar-refractivity contribution in [2.75, 3.05) is 14.2 Å². The summed E-state index contributed by atoms with van der Waals surface area (Å²) in [5, 5.41) is 2.86.